The van der Waals surface area contributed by atoms with Crippen LogP contribution in [-0.2, 0) is 4.74 Å². The summed E-state index contributed by atoms with van der Waals surface area (Å²) in [6.07, 6.45) is 3.66. The van der Waals surface area contributed by atoms with Gasteiger partial charge in [-0.2, -0.15) is 0 Å². The predicted octanol–water partition coefficient (Wildman–Crippen LogP) is 3.98. The molecule has 0 aliphatic carbocycles. The minimum Gasteiger partial charge on any atom is -0.491 e. The van der Waals surface area contributed by atoms with Gasteiger partial charge in [0.05, 0.1) is 6.10 Å². The van der Waals surface area contributed by atoms with Crippen molar-refractivity contribution < 1.29 is 19.1 Å². The minimum absolute atomic E-state index is 0.00169. The number of carbonyl (C=O) groups excluding carboxylic acids is 2. The standard InChI is InChI=1S/C24H27NO4/c26-23(18-6-2-1-3-7-18)19-11-13-25(14-12-19)24(27)20-8-4-9-21(16-20)29-17-22-10-5-15-28-22/h1-4,6-9,16,19,22H,5,10-15,17H2. The van der Waals surface area contributed by atoms with Gasteiger partial charge in [0.25, 0.3) is 5.91 Å². The van der Waals surface area contributed by atoms with E-state index in [1.54, 1.807) is 6.07 Å². The minimum atomic E-state index is -0.0115. The first-order chi connectivity index (χ1) is 14.2. The van der Waals surface area contributed by atoms with Crippen molar-refractivity contribution in [3.63, 3.8) is 0 Å². The maximum atomic E-state index is 12.9. The molecule has 0 aromatic heterocycles. The number of piperidine rings is 1. The second kappa shape index (κ2) is 9.23. The molecule has 2 aliphatic rings. The summed E-state index contributed by atoms with van der Waals surface area (Å²) in [6.45, 7) is 2.52. The van der Waals surface area contributed by atoms with E-state index < -0.39 is 0 Å². The lowest BCUT2D eigenvalue weighted by atomic mass is 9.88. The fraction of sp³-hybridized carbons (Fsp3) is 0.417. The van der Waals surface area contributed by atoms with Crippen LogP contribution in [0.1, 0.15) is 46.4 Å². The molecule has 1 atom stereocenters. The summed E-state index contributed by atoms with van der Waals surface area (Å²) in [6, 6.07) is 16.8. The zero-order valence-electron chi connectivity index (χ0n) is 16.6. The van der Waals surface area contributed by atoms with Crippen molar-refractivity contribution in [1.29, 1.82) is 0 Å². The maximum absolute atomic E-state index is 12.9. The van der Waals surface area contributed by atoms with Crippen LogP contribution in [0.15, 0.2) is 54.6 Å². The molecule has 1 amide bonds. The lowest BCUT2D eigenvalue weighted by molar-refractivity contribution is 0.0645. The van der Waals surface area contributed by atoms with Gasteiger partial charge in [-0.3, -0.25) is 9.59 Å². The molecule has 2 heterocycles. The third-order valence-corrected chi connectivity index (χ3v) is 5.75. The molecule has 2 fully saturated rings. The van der Waals surface area contributed by atoms with Crippen molar-refractivity contribution in [2.24, 2.45) is 5.92 Å². The average molecular weight is 393 g/mol. The van der Waals surface area contributed by atoms with Crippen LogP contribution in [0.2, 0.25) is 0 Å². The summed E-state index contributed by atoms with van der Waals surface area (Å²) in [7, 11) is 0. The first-order valence-corrected chi connectivity index (χ1v) is 10.4. The molecule has 0 N–H and O–H groups in total. The Bertz CT molecular complexity index is 837. The van der Waals surface area contributed by atoms with E-state index in [4.69, 9.17) is 9.47 Å². The summed E-state index contributed by atoms with van der Waals surface area (Å²) in [5.41, 5.74) is 1.39. The summed E-state index contributed by atoms with van der Waals surface area (Å²) in [4.78, 5) is 27.4. The van der Waals surface area contributed by atoms with E-state index in [1.165, 1.54) is 0 Å². The molecule has 2 aliphatic heterocycles. The fourth-order valence-corrected chi connectivity index (χ4v) is 4.05. The molecule has 5 nitrogen and oxygen atoms in total. The van der Waals surface area contributed by atoms with Gasteiger partial charge in [-0.15, -0.1) is 0 Å². The van der Waals surface area contributed by atoms with Gasteiger partial charge in [0.15, 0.2) is 5.78 Å². The van der Waals surface area contributed by atoms with E-state index in [-0.39, 0.29) is 23.7 Å². The highest BCUT2D eigenvalue weighted by Gasteiger charge is 2.28. The predicted molar refractivity (Wildman–Crippen MR) is 110 cm³/mol. The van der Waals surface area contributed by atoms with E-state index in [2.05, 4.69) is 0 Å². The van der Waals surface area contributed by atoms with Gasteiger partial charge in [0, 0.05) is 36.7 Å². The molecule has 152 valence electrons. The number of nitrogens with zero attached hydrogens (tertiary/aromatic N) is 1. The number of hydrogen-bond donors (Lipinski definition) is 0. The quantitative estimate of drug-likeness (QED) is 0.697. The highest BCUT2D eigenvalue weighted by Crippen LogP contribution is 2.24. The normalized spacial score (nSPS) is 19.9. The largest absolute Gasteiger partial charge is 0.491 e. The summed E-state index contributed by atoms with van der Waals surface area (Å²) in [5, 5.41) is 0. The van der Waals surface area contributed by atoms with E-state index in [0.717, 1.165) is 25.0 Å². The van der Waals surface area contributed by atoms with E-state index in [1.807, 2.05) is 53.4 Å². The number of Topliss-reactive ketones (excluding diaryl/α,β-unsaturated/α-hetero) is 1. The second-order valence-electron chi connectivity index (χ2n) is 7.77. The third-order valence-electron chi connectivity index (χ3n) is 5.75. The van der Waals surface area contributed by atoms with Crippen LogP contribution >= 0.6 is 0 Å². The smallest absolute Gasteiger partial charge is 0.253 e. The number of carbonyl (C=O) groups is 2. The van der Waals surface area contributed by atoms with Crippen molar-refractivity contribution in [3.05, 3.63) is 65.7 Å². The van der Waals surface area contributed by atoms with Gasteiger partial charge in [-0.1, -0.05) is 36.4 Å². The zero-order chi connectivity index (χ0) is 20.1. The Hall–Kier alpha value is -2.66. The Kier molecular flexibility index (Phi) is 6.25. The van der Waals surface area contributed by atoms with Gasteiger partial charge < -0.3 is 14.4 Å². The van der Waals surface area contributed by atoms with Gasteiger partial charge >= 0.3 is 0 Å². The van der Waals surface area contributed by atoms with Gasteiger partial charge in [-0.05, 0) is 43.9 Å². The van der Waals surface area contributed by atoms with E-state index >= 15 is 0 Å². The fourth-order valence-electron chi connectivity index (χ4n) is 4.05. The molecule has 2 aromatic rings. The number of rotatable bonds is 6. The number of ether oxygens (including phenoxy) is 2. The van der Waals surface area contributed by atoms with Crippen LogP contribution in [0.5, 0.6) is 5.75 Å². The number of ketones is 1. The van der Waals surface area contributed by atoms with Crippen LogP contribution in [0.4, 0.5) is 0 Å². The molecule has 0 saturated carbocycles. The molecule has 2 aromatic carbocycles. The zero-order valence-corrected chi connectivity index (χ0v) is 16.6. The molecule has 29 heavy (non-hydrogen) atoms. The second-order valence-corrected chi connectivity index (χ2v) is 7.77. The van der Waals surface area contributed by atoms with Crippen molar-refractivity contribution in [2.75, 3.05) is 26.3 Å². The molecule has 5 heteroatoms. The SMILES string of the molecule is O=C(c1ccccc1)C1CCN(C(=O)c2cccc(OCC3CCCO3)c2)CC1. The number of hydrogen-bond acceptors (Lipinski definition) is 4. The van der Waals surface area contributed by atoms with Gasteiger partial charge in [0.2, 0.25) is 0 Å². The number of amides is 1. The lowest BCUT2D eigenvalue weighted by Crippen LogP contribution is -2.40. The summed E-state index contributed by atoms with van der Waals surface area (Å²) in [5.74, 6) is 0.864. The number of benzene rings is 2. The van der Waals surface area contributed by atoms with Gasteiger partial charge in [-0.25, -0.2) is 0 Å². The Balaban J connectivity index is 1.32. The first-order valence-electron chi connectivity index (χ1n) is 10.4. The molecular formula is C24H27NO4. The van der Waals surface area contributed by atoms with Crippen molar-refractivity contribution >= 4 is 11.7 Å². The molecule has 4 rings (SSSR count). The Morgan fingerprint density at radius 2 is 1.72 bits per heavy atom. The van der Waals surface area contributed by atoms with Crippen molar-refractivity contribution in [2.45, 2.75) is 31.8 Å². The van der Waals surface area contributed by atoms with Crippen LogP contribution in [-0.4, -0.2) is 49.0 Å². The Labute approximate surface area is 171 Å². The Morgan fingerprint density at radius 1 is 0.966 bits per heavy atom. The highest BCUT2D eigenvalue weighted by molar-refractivity contribution is 5.98. The average Bonchev–Trinajstić information content (AvgIpc) is 3.31. The highest BCUT2D eigenvalue weighted by atomic mass is 16.5. The molecule has 0 spiro atoms. The lowest BCUT2D eigenvalue weighted by Gasteiger charge is -2.31. The molecule has 0 bridgehead atoms. The monoisotopic (exact) mass is 393 g/mol. The van der Waals surface area contributed by atoms with Crippen LogP contribution in [0.25, 0.3) is 0 Å². The number of likely N-dealkylation sites (tertiary alicyclic amines) is 1. The van der Waals surface area contributed by atoms with Crippen molar-refractivity contribution in [1.82, 2.24) is 4.90 Å². The maximum Gasteiger partial charge on any atom is 0.253 e. The topological polar surface area (TPSA) is 55.8 Å². The summed E-state index contributed by atoms with van der Waals surface area (Å²) >= 11 is 0. The van der Waals surface area contributed by atoms with Crippen LogP contribution in [0.3, 0.4) is 0 Å². The Morgan fingerprint density at radius 3 is 2.45 bits per heavy atom. The van der Waals surface area contributed by atoms with Crippen LogP contribution < -0.4 is 4.74 Å². The molecule has 1 unspecified atom stereocenters. The van der Waals surface area contributed by atoms with Crippen LogP contribution in [0, 0.1) is 5.92 Å². The molecular weight excluding hydrogens is 366 g/mol. The summed E-state index contributed by atoms with van der Waals surface area (Å²) < 4.78 is 11.4. The van der Waals surface area contributed by atoms with Crippen molar-refractivity contribution in [3.8, 4) is 5.75 Å². The molecule has 2 saturated heterocycles. The van der Waals surface area contributed by atoms with Gasteiger partial charge in [0.1, 0.15) is 12.4 Å². The third kappa shape index (κ3) is 4.85. The van der Waals surface area contributed by atoms with E-state index in [9.17, 15) is 9.59 Å². The van der Waals surface area contributed by atoms with E-state index in [0.29, 0.717) is 43.9 Å². The molecule has 0 radical (unpaired) electrons. The first kappa shape index (κ1) is 19.6.